The van der Waals surface area contributed by atoms with Crippen molar-refractivity contribution >= 4 is 27.6 Å². The molecule has 0 aromatic heterocycles. The first kappa shape index (κ1) is 27.4. The molecule has 0 bridgehead atoms. The van der Waals surface area contributed by atoms with Gasteiger partial charge >= 0.3 is 18.3 Å². The summed E-state index contributed by atoms with van der Waals surface area (Å²) in [5.74, 6) is -4.54. The van der Waals surface area contributed by atoms with E-state index in [0.717, 1.165) is 7.11 Å². The fraction of sp³-hybridized carbons (Fsp3) is 0.409. The van der Waals surface area contributed by atoms with Gasteiger partial charge in [-0.25, -0.2) is 0 Å². The molecule has 182 valence electrons. The van der Waals surface area contributed by atoms with Crippen LogP contribution in [0.5, 0.6) is 0 Å². The molecule has 2 unspecified atom stereocenters. The van der Waals surface area contributed by atoms with Crippen LogP contribution in [0.1, 0.15) is 35.8 Å². The van der Waals surface area contributed by atoms with Crippen LogP contribution in [0.15, 0.2) is 58.3 Å². The van der Waals surface area contributed by atoms with Gasteiger partial charge in [0, 0.05) is 23.5 Å². The molecule has 0 saturated carbocycles. The second kappa shape index (κ2) is 12.0. The minimum Gasteiger partial charge on any atom is -0.469 e. The van der Waals surface area contributed by atoms with E-state index in [2.05, 4.69) is 4.74 Å². The van der Waals surface area contributed by atoms with E-state index in [0.29, 0.717) is 9.79 Å². The van der Waals surface area contributed by atoms with Crippen molar-refractivity contribution in [2.24, 2.45) is 0 Å². The van der Waals surface area contributed by atoms with Crippen molar-refractivity contribution in [2.75, 3.05) is 20.8 Å². The minimum absolute atomic E-state index is 0.0125. The lowest BCUT2D eigenvalue weighted by Gasteiger charge is -2.20. The standard InChI is InChI=1S/C22H22F6O3S2/c1-30-12-11-18(21(23,24)25)14-3-7-16(8-4-14)32-33-17-9-5-15(6-10-17)19(22(26,27)28)13-20(29)31-2/h3-10,18-19H,11-13H2,1-2H3. The van der Waals surface area contributed by atoms with E-state index in [1.165, 1.54) is 65.1 Å². The van der Waals surface area contributed by atoms with Crippen molar-refractivity contribution in [2.45, 2.75) is 46.8 Å². The van der Waals surface area contributed by atoms with Crippen LogP contribution in [0.2, 0.25) is 0 Å². The summed E-state index contributed by atoms with van der Waals surface area (Å²) in [5, 5.41) is 0. The monoisotopic (exact) mass is 512 g/mol. The third kappa shape index (κ3) is 8.46. The van der Waals surface area contributed by atoms with Gasteiger partial charge in [0.15, 0.2) is 0 Å². The normalized spacial score (nSPS) is 14.1. The molecule has 0 amide bonds. The van der Waals surface area contributed by atoms with Crippen LogP contribution >= 0.6 is 21.6 Å². The van der Waals surface area contributed by atoms with Gasteiger partial charge in [0.1, 0.15) is 0 Å². The van der Waals surface area contributed by atoms with Crippen LogP contribution in [0.3, 0.4) is 0 Å². The number of halogens is 6. The number of rotatable bonds is 10. The van der Waals surface area contributed by atoms with Gasteiger partial charge < -0.3 is 9.47 Å². The summed E-state index contributed by atoms with van der Waals surface area (Å²) >= 11 is 0. The lowest BCUT2D eigenvalue weighted by atomic mass is 9.95. The Morgan fingerprint density at radius 1 is 0.788 bits per heavy atom. The zero-order valence-corrected chi connectivity index (χ0v) is 19.3. The molecule has 33 heavy (non-hydrogen) atoms. The van der Waals surface area contributed by atoms with Crippen molar-refractivity contribution in [1.82, 2.24) is 0 Å². The van der Waals surface area contributed by atoms with Crippen LogP contribution in [0, 0.1) is 0 Å². The quantitative estimate of drug-likeness (QED) is 0.189. The Morgan fingerprint density at radius 3 is 1.58 bits per heavy atom. The molecule has 2 aromatic carbocycles. The number of alkyl halides is 6. The van der Waals surface area contributed by atoms with Crippen LogP contribution < -0.4 is 0 Å². The summed E-state index contributed by atoms with van der Waals surface area (Å²) in [6.45, 7) is -0.0125. The fourth-order valence-corrected chi connectivity index (χ4v) is 4.97. The van der Waals surface area contributed by atoms with Crippen molar-refractivity contribution in [1.29, 1.82) is 0 Å². The summed E-state index contributed by atoms with van der Waals surface area (Å²) in [4.78, 5) is 12.7. The molecule has 0 N–H and O–H groups in total. The molecule has 2 atom stereocenters. The van der Waals surface area contributed by atoms with Gasteiger partial charge in [0.25, 0.3) is 0 Å². The van der Waals surface area contributed by atoms with Gasteiger partial charge in [0.05, 0.1) is 25.4 Å². The van der Waals surface area contributed by atoms with E-state index in [4.69, 9.17) is 4.74 Å². The molecule has 0 saturated heterocycles. The van der Waals surface area contributed by atoms with E-state index in [9.17, 15) is 31.1 Å². The van der Waals surface area contributed by atoms with E-state index in [1.807, 2.05) is 0 Å². The molecule has 0 radical (unpaired) electrons. The van der Waals surface area contributed by atoms with E-state index in [-0.39, 0.29) is 24.2 Å². The molecule has 11 heteroatoms. The number of esters is 1. The summed E-state index contributed by atoms with van der Waals surface area (Å²) in [7, 11) is 4.90. The zero-order chi connectivity index (χ0) is 24.6. The van der Waals surface area contributed by atoms with Gasteiger partial charge in [-0.15, -0.1) is 0 Å². The number of hydrogen-bond donors (Lipinski definition) is 0. The molecular weight excluding hydrogens is 490 g/mol. The summed E-state index contributed by atoms with van der Waals surface area (Å²) < 4.78 is 88.9. The Hall–Kier alpha value is -1.85. The maximum absolute atomic E-state index is 13.3. The Kier molecular flexibility index (Phi) is 9.99. The predicted molar refractivity (Wildman–Crippen MR) is 115 cm³/mol. The Balaban J connectivity index is 2.04. The Bertz CT molecular complexity index is 883. The predicted octanol–water partition coefficient (Wildman–Crippen LogP) is 7.38. The lowest BCUT2D eigenvalue weighted by molar-refractivity contribution is -0.164. The topological polar surface area (TPSA) is 35.5 Å². The smallest absolute Gasteiger partial charge is 0.396 e. The van der Waals surface area contributed by atoms with Gasteiger partial charge in [-0.05, 0) is 41.8 Å². The average Bonchev–Trinajstić information content (AvgIpc) is 2.75. The van der Waals surface area contributed by atoms with E-state index in [1.54, 1.807) is 12.1 Å². The third-order valence-corrected chi connectivity index (χ3v) is 7.22. The molecule has 2 aromatic rings. The van der Waals surface area contributed by atoms with Crippen LogP contribution in [0.4, 0.5) is 26.3 Å². The second-order valence-electron chi connectivity index (χ2n) is 7.05. The molecule has 0 aliphatic carbocycles. The molecule has 0 aliphatic rings. The molecular formula is C22H22F6O3S2. The van der Waals surface area contributed by atoms with Gasteiger partial charge in [-0.1, -0.05) is 45.9 Å². The second-order valence-corrected chi connectivity index (χ2v) is 9.33. The first-order valence-electron chi connectivity index (χ1n) is 9.69. The Morgan fingerprint density at radius 2 is 1.21 bits per heavy atom. The number of benzene rings is 2. The highest BCUT2D eigenvalue weighted by atomic mass is 33.1. The SMILES string of the molecule is COCCC(c1ccc(SSc2ccc(C(CC(=O)OC)C(F)(F)F)cc2)cc1)C(F)(F)F. The summed E-state index contributed by atoms with van der Waals surface area (Å²) in [6, 6.07) is 11.6. The van der Waals surface area contributed by atoms with Crippen LogP contribution in [-0.4, -0.2) is 39.1 Å². The van der Waals surface area contributed by atoms with E-state index >= 15 is 0 Å². The third-order valence-electron chi connectivity index (χ3n) is 4.80. The lowest BCUT2D eigenvalue weighted by Crippen LogP contribution is -2.24. The maximum Gasteiger partial charge on any atom is 0.396 e. The molecule has 0 fully saturated rings. The van der Waals surface area contributed by atoms with Crippen molar-refractivity contribution < 1.29 is 40.6 Å². The first-order chi connectivity index (χ1) is 15.5. The van der Waals surface area contributed by atoms with Crippen molar-refractivity contribution in [3.63, 3.8) is 0 Å². The molecule has 0 aliphatic heterocycles. The van der Waals surface area contributed by atoms with Crippen LogP contribution in [0.25, 0.3) is 0 Å². The van der Waals surface area contributed by atoms with Crippen LogP contribution in [-0.2, 0) is 14.3 Å². The number of carbonyl (C=O) groups is 1. The van der Waals surface area contributed by atoms with Gasteiger partial charge in [-0.2, -0.15) is 26.3 Å². The van der Waals surface area contributed by atoms with E-state index < -0.39 is 36.6 Å². The highest BCUT2D eigenvalue weighted by Gasteiger charge is 2.42. The highest BCUT2D eigenvalue weighted by Crippen LogP contribution is 2.42. The minimum atomic E-state index is -4.60. The molecule has 2 rings (SSSR count). The average molecular weight is 513 g/mol. The maximum atomic E-state index is 13.3. The summed E-state index contributed by atoms with van der Waals surface area (Å²) in [5.41, 5.74) is 0.0860. The zero-order valence-electron chi connectivity index (χ0n) is 17.7. The molecule has 0 spiro atoms. The van der Waals surface area contributed by atoms with Gasteiger partial charge in [0.2, 0.25) is 0 Å². The molecule has 3 nitrogen and oxygen atoms in total. The largest absolute Gasteiger partial charge is 0.469 e. The number of methoxy groups -OCH3 is 2. The fourth-order valence-electron chi connectivity index (χ4n) is 3.04. The Labute approximate surface area is 195 Å². The van der Waals surface area contributed by atoms with Crippen molar-refractivity contribution in [3.05, 3.63) is 59.7 Å². The van der Waals surface area contributed by atoms with Crippen molar-refractivity contribution in [3.8, 4) is 0 Å². The summed E-state index contributed by atoms with van der Waals surface area (Å²) in [6.07, 6.45) is -9.97. The van der Waals surface area contributed by atoms with Gasteiger partial charge in [-0.3, -0.25) is 4.79 Å². The highest BCUT2D eigenvalue weighted by molar-refractivity contribution is 8.76. The number of hydrogen-bond acceptors (Lipinski definition) is 5. The number of carbonyl (C=O) groups excluding carboxylic acids is 1. The number of ether oxygens (including phenoxy) is 2. The first-order valence-corrected chi connectivity index (χ1v) is 11.8. The molecule has 0 heterocycles.